The van der Waals surface area contributed by atoms with Gasteiger partial charge in [-0.3, -0.25) is 9.59 Å². The second-order valence-corrected chi connectivity index (χ2v) is 6.97. The van der Waals surface area contributed by atoms with E-state index in [4.69, 9.17) is 5.11 Å². The van der Waals surface area contributed by atoms with Gasteiger partial charge >= 0.3 is 5.97 Å². The molecule has 0 bridgehead atoms. The number of likely N-dealkylation sites (tertiary alicyclic amines) is 1. The number of nitrogens with zero attached hydrogens (tertiary/aromatic N) is 1. The molecule has 1 amide bonds. The zero-order valence-corrected chi connectivity index (χ0v) is 10.1. The van der Waals surface area contributed by atoms with Crippen molar-refractivity contribution in [2.24, 2.45) is 5.92 Å². The standard InChI is InChI=1S/C10H15NO5S/c12-9-5-7(10(13)14)6-11(9)8-1-3-17(15,16)4-2-8/h7-8H,1-6H2,(H,13,14). The quantitative estimate of drug-likeness (QED) is 0.723. The van der Waals surface area contributed by atoms with E-state index in [9.17, 15) is 18.0 Å². The fraction of sp³-hybridized carbons (Fsp3) is 0.800. The van der Waals surface area contributed by atoms with Gasteiger partial charge in [0, 0.05) is 19.0 Å². The van der Waals surface area contributed by atoms with Crippen LogP contribution in [-0.4, -0.2) is 54.4 Å². The Balaban J connectivity index is 2.00. The van der Waals surface area contributed by atoms with Crippen LogP contribution in [0.4, 0.5) is 0 Å². The summed E-state index contributed by atoms with van der Waals surface area (Å²) in [6.45, 7) is 0.221. The monoisotopic (exact) mass is 261 g/mol. The van der Waals surface area contributed by atoms with Gasteiger partial charge in [0.15, 0.2) is 0 Å². The van der Waals surface area contributed by atoms with Crippen molar-refractivity contribution < 1.29 is 23.1 Å². The maximum Gasteiger partial charge on any atom is 0.308 e. The lowest BCUT2D eigenvalue weighted by Gasteiger charge is -2.30. The minimum absolute atomic E-state index is 0.0403. The van der Waals surface area contributed by atoms with Crippen LogP contribution in [0.1, 0.15) is 19.3 Å². The predicted octanol–water partition coefficient (Wildman–Crippen LogP) is -0.503. The first kappa shape index (κ1) is 12.3. The van der Waals surface area contributed by atoms with E-state index in [0.717, 1.165) is 0 Å². The Morgan fingerprint density at radius 1 is 1.29 bits per heavy atom. The van der Waals surface area contributed by atoms with E-state index in [1.54, 1.807) is 4.90 Å². The SMILES string of the molecule is O=C(O)C1CC(=O)N(C2CCS(=O)(=O)CC2)C1. The van der Waals surface area contributed by atoms with Crippen molar-refractivity contribution in [3.63, 3.8) is 0 Å². The molecule has 0 radical (unpaired) electrons. The molecule has 0 aromatic rings. The molecule has 2 saturated heterocycles. The van der Waals surface area contributed by atoms with E-state index < -0.39 is 21.7 Å². The lowest BCUT2D eigenvalue weighted by atomic mass is 10.1. The highest BCUT2D eigenvalue weighted by Gasteiger charge is 2.39. The van der Waals surface area contributed by atoms with Crippen LogP contribution in [0.5, 0.6) is 0 Å². The zero-order valence-electron chi connectivity index (χ0n) is 9.33. The molecule has 6 nitrogen and oxygen atoms in total. The molecule has 0 aromatic carbocycles. The van der Waals surface area contributed by atoms with E-state index in [1.807, 2.05) is 0 Å². The van der Waals surface area contributed by atoms with Gasteiger partial charge in [0.1, 0.15) is 9.84 Å². The maximum absolute atomic E-state index is 11.7. The number of carbonyl (C=O) groups is 2. The number of carbonyl (C=O) groups excluding carboxylic acids is 1. The number of sulfone groups is 1. The third kappa shape index (κ3) is 2.59. The molecule has 1 unspecified atom stereocenters. The Labute approximate surface area is 99.5 Å². The summed E-state index contributed by atoms with van der Waals surface area (Å²) in [6, 6.07) is -0.102. The Morgan fingerprint density at radius 2 is 1.88 bits per heavy atom. The average Bonchev–Trinajstić information content (AvgIpc) is 2.61. The Bertz CT molecular complexity index is 430. The first-order chi connectivity index (χ1) is 7.89. The minimum atomic E-state index is -2.95. The summed E-state index contributed by atoms with van der Waals surface area (Å²) in [5.74, 6) is -1.56. The Hall–Kier alpha value is -1.11. The highest BCUT2D eigenvalue weighted by atomic mass is 32.2. The van der Waals surface area contributed by atoms with Crippen LogP contribution >= 0.6 is 0 Å². The van der Waals surface area contributed by atoms with Gasteiger partial charge in [-0.25, -0.2) is 8.42 Å². The molecular weight excluding hydrogens is 246 g/mol. The zero-order chi connectivity index (χ0) is 12.6. The van der Waals surface area contributed by atoms with Crippen molar-refractivity contribution in [2.45, 2.75) is 25.3 Å². The third-order valence-electron chi connectivity index (χ3n) is 3.47. The van der Waals surface area contributed by atoms with Gasteiger partial charge in [-0.05, 0) is 12.8 Å². The van der Waals surface area contributed by atoms with E-state index in [2.05, 4.69) is 0 Å². The van der Waals surface area contributed by atoms with Crippen LogP contribution in [0.15, 0.2) is 0 Å². The maximum atomic E-state index is 11.7. The number of aliphatic carboxylic acids is 1. The van der Waals surface area contributed by atoms with Crippen LogP contribution in [0.25, 0.3) is 0 Å². The van der Waals surface area contributed by atoms with Gasteiger partial charge in [-0.15, -0.1) is 0 Å². The number of amides is 1. The normalized spacial score (nSPS) is 29.5. The van der Waals surface area contributed by atoms with Gasteiger partial charge in [0.2, 0.25) is 5.91 Å². The second-order valence-electron chi connectivity index (χ2n) is 4.67. The molecule has 2 aliphatic rings. The second kappa shape index (κ2) is 4.29. The van der Waals surface area contributed by atoms with Crippen LogP contribution in [-0.2, 0) is 19.4 Å². The van der Waals surface area contributed by atoms with Gasteiger partial charge in [0.05, 0.1) is 17.4 Å². The minimum Gasteiger partial charge on any atom is -0.481 e. The summed E-state index contributed by atoms with van der Waals surface area (Å²) >= 11 is 0. The molecule has 2 rings (SSSR count). The number of hydrogen-bond acceptors (Lipinski definition) is 4. The Kier molecular flexibility index (Phi) is 3.11. The number of carboxylic acids is 1. The highest BCUT2D eigenvalue weighted by molar-refractivity contribution is 7.91. The molecule has 2 heterocycles. The van der Waals surface area contributed by atoms with Crippen molar-refractivity contribution in [3.05, 3.63) is 0 Å². The van der Waals surface area contributed by atoms with Crippen LogP contribution in [0.2, 0.25) is 0 Å². The first-order valence-corrected chi connectivity index (χ1v) is 7.44. The third-order valence-corrected chi connectivity index (χ3v) is 5.19. The van der Waals surface area contributed by atoms with Gasteiger partial charge in [-0.2, -0.15) is 0 Å². The van der Waals surface area contributed by atoms with E-state index in [0.29, 0.717) is 12.8 Å². The molecule has 2 fully saturated rings. The van der Waals surface area contributed by atoms with Crippen molar-refractivity contribution in [2.75, 3.05) is 18.1 Å². The molecule has 7 heteroatoms. The smallest absolute Gasteiger partial charge is 0.308 e. The van der Waals surface area contributed by atoms with Gasteiger partial charge < -0.3 is 10.0 Å². The molecule has 96 valence electrons. The van der Waals surface area contributed by atoms with Gasteiger partial charge in [-0.1, -0.05) is 0 Å². The van der Waals surface area contributed by atoms with Crippen molar-refractivity contribution in [1.82, 2.24) is 4.90 Å². The summed E-state index contributed by atoms with van der Waals surface area (Å²) in [5.41, 5.74) is 0. The summed E-state index contributed by atoms with van der Waals surface area (Å²) in [5, 5.41) is 8.86. The predicted molar refractivity (Wildman–Crippen MR) is 59.1 cm³/mol. The average molecular weight is 261 g/mol. The van der Waals surface area contributed by atoms with Gasteiger partial charge in [0.25, 0.3) is 0 Å². The molecular formula is C10H15NO5S. The molecule has 0 aliphatic carbocycles. The molecule has 0 spiro atoms. The van der Waals surface area contributed by atoms with Crippen LogP contribution < -0.4 is 0 Å². The van der Waals surface area contributed by atoms with Crippen LogP contribution in [0.3, 0.4) is 0 Å². The van der Waals surface area contributed by atoms with E-state index >= 15 is 0 Å². The van der Waals surface area contributed by atoms with Crippen molar-refractivity contribution >= 4 is 21.7 Å². The first-order valence-electron chi connectivity index (χ1n) is 5.62. The number of rotatable bonds is 2. The molecule has 17 heavy (non-hydrogen) atoms. The topological polar surface area (TPSA) is 91.8 Å². The van der Waals surface area contributed by atoms with Crippen molar-refractivity contribution in [3.8, 4) is 0 Å². The molecule has 0 saturated carbocycles. The molecule has 1 N–H and O–H groups in total. The van der Waals surface area contributed by atoms with E-state index in [-0.39, 0.29) is 36.4 Å². The largest absolute Gasteiger partial charge is 0.481 e. The summed E-state index contributed by atoms with van der Waals surface area (Å²) in [4.78, 5) is 24.0. The number of hydrogen-bond donors (Lipinski definition) is 1. The fourth-order valence-electron chi connectivity index (χ4n) is 2.44. The van der Waals surface area contributed by atoms with Crippen molar-refractivity contribution in [1.29, 1.82) is 0 Å². The summed E-state index contributed by atoms with van der Waals surface area (Å²) in [6.07, 6.45) is 0.902. The van der Waals surface area contributed by atoms with Crippen LogP contribution in [0, 0.1) is 5.92 Å². The number of carboxylic acid groups (broad SMARTS) is 1. The molecule has 2 aliphatic heterocycles. The lowest BCUT2D eigenvalue weighted by molar-refractivity contribution is -0.141. The Morgan fingerprint density at radius 3 is 2.35 bits per heavy atom. The molecule has 1 atom stereocenters. The summed E-state index contributed by atoms with van der Waals surface area (Å²) < 4.78 is 22.5. The summed E-state index contributed by atoms with van der Waals surface area (Å²) in [7, 11) is -2.95. The fourth-order valence-corrected chi connectivity index (χ4v) is 3.91. The van der Waals surface area contributed by atoms with E-state index in [1.165, 1.54) is 0 Å². The lowest BCUT2D eigenvalue weighted by Crippen LogP contribution is -2.42. The molecule has 0 aromatic heterocycles. The highest BCUT2D eigenvalue weighted by Crippen LogP contribution is 2.26.